The van der Waals surface area contributed by atoms with Gasteiger partial charge in [-0.2, -0.15) is 12.7 Å². The van der Waals surface area contributed by atoms with Crippen LogP contribution < -0.4 is 4.72 Å². The SMILES string of the molecule is O=C(NS(=O)(=O)N1CCC1)c1cc(C2CC2)c(O)cc1F.[HH].c1ccc(CN2CCCCC2)cc1. The lowest BCUT2D eigenvalue weighted by atomic mass is 10.0. The first-order chi connectivity index (χ1) is 16.3. The molecule has 3 fully saturated rings. The molecule has 0 aromatic heterocycles. The third kappa shape index (κ3) is 6.34. The quantitative estimate of drug-likeness (QED) is 0.637. The van der Waals surface area contributed by atoms with E-state index in [2.05, 4.69) is 35.2 Å². The van der Waals surface area contributed by atoms with Gasteiger partial charge in [0.05, 0.1) is 5.56 Å². The number of hydrogen-bond donors (Lipinski definition) is 2. The fraction of sp³-hybridized carbons (Fsp3) is 0.480. The molecule has 2 N–H and O–H groups in total. The highest BCUT2D eigenvalue weighted by Gasteiger charge is 2.32. The van der Waals surface area contributed by atoms with Gasteiger partial charge in [-0.15, -0.1) is 0 Å². The molecular formula is C25H34FN3O4S. The molecule has 0 radical (unpaired) electrons. The number of phenols is 1. The van der Waals surface area contributed by atoms with Crippen LogP contribution in [0, 0.1) is 5.82 Å². The Morgan fingerprint density at radius 2 is 1.71 bits per heavy atom. The highest BCUT2D eigenvalue weighted by Crippen LogP contribution is 2.44. The molecule has 1 aliphatic carbocycles. The maximum atomic E-state index is 13.8. The molecule has 3 aliphatic rings. The number of nitrogens with one attached hydrogen (secondary N) is 1. The Morgan fingerprint density at radius 1 is 1.03 bits per heavy atom. The van der Waals surface area contributed by atoms with E-state index in [1.165, 1.54) is 44.0 Å². The number of likely N-dealkylation sites (tertiary alicyclic amines) is 1. The number of carbonyl (C=O) groups is 1. The normalized spacial score (nSPS) is 19.0. The number of benzene rings is 2. The number of amides is 1. The monoisotopic (exact) mass is 491 g/mol. The zero-order valence-corrected chi connectivity index (χ0v) is 20.1. The Labute approximate surface area is 202 Å². The van der Waals surface area contributed by atoms with Crippen LogP contribution in [0.2, 0.25) is 0 Å². The molecule has 9 heteroatoms. The number of rotatable bonds is 6. The van der Waals surface area contributed by atoms with Crippen molar-refractivity contribution in [2.75, 3.05) is 26.2 Å². The van der Waals surface area contributed by atoms with Gasteiger partial charge in [-0.25, -0.2) is 9.11 Å². The van der Waals surface area contributed by atoms with Crippen LogP contribution >= 0.6 is 0 Å². The van der Waals surface area contributed by atoms with Crippen molar-refractivity contribution in [3.63, 3.8) is 0 Å². The minimum atomic E-state index is -3.91. The van der Waals surface area contributed by atoms with E-state index in [0.29, 0.717) is 18.7 Å². The summed E-state index contributed by atoms with van der Waals surface area (Å²) in [6.07, 6.45) is 6.66. The van der Waals surface area contributed by atoms with Gasteiger partial charge in [0, 0.05) is 27.1 Å². The third-order valence-electron chi connectivity index (χ3n) is 6.45. The second-order valence-corrected chi connectivity index (χ2v) is 10.8. The molecule has 2 aliphatic heterocycles. The van der Waals surface area contributed by atoms with Crippen molar-refractivity contribution in [1.29, 1.82) is 0 Å². The first kappa shape index (κ1) is 24.6. The van der Waals surface area contributed by atoms with Gasteiger partial charge in [0.1, 0.15) is 11.6 Å². The van der Waals surface area contributed by atoms with Crippen molar-refractivity contribution in [1.82, 2.24) is 13.9 Å². The molecule has 0 bridgehead atoms. The van der Waals surface area contributed by atoms with E-state index >= 15 is 0 Å². The summed E-state index contributed by atoms with van der Waals surface area (Å²) in [7, 11) is -3.91. The summed E-state index contributed by atoms with van der Waals surface area (Å²) in [5.41, 5.74) is 1.58. The van der Waals surface area contributed by atoms with Crippen LogP contribution in [0.4, 0.5) is 4.39 Å². The predicted octanol–water partition coefficient (Wildman–Crippen LogP) is 4.01. The lowest BCUT2D eigenvalue weighted by molar-refractivity contribution is 0.0973. The van der Waals surface area contributed by atoms with E-state index in [0.717, 1.165) is 36.2 Å². The van der Waals surface area contributed by atoms with Gasteiger partial charge < -0.3 is 5.11 Å². The largest absolute Gasteiger partial charge is 0.508 e. The van der Waals surface area contributed by atoms with Gasteiger partial charge in [0.25, 0.3) is 5.91 Å². The van der Waals surface area contributed by atoms with Crippen molar-refractivity contribution in [2.24, 2.45) is 0 Å². The fourth-order valence-corrected chi connectivity index (χ4v) is 5.41. The van der Waals surface area contributed by atoms with Crippen molar-refractivity contribution in [3.05, 3.63) is 65.0 Å². The fourth-order valence-electron chi connectivity index (χ4n) is 4.20. The van der Waals surface area contributed by atoms with Crippen molar-refractivity contribution in [2.45, 2.75) is 51.0 Å². The highest BCUT2D eigenvalue weighted by molar-refractivity contribution is 7.87. The number of hydrogen-bond acceptors (Lipinski definition) is 5. The third-order valence-corrected chi connectivity index (χ3v) is 7.94. The number of phenolic OH excluding ortho intramolecular Hbond substituents is 1. The highest BCUT2D eigenvalue weighted by atomic mass is 32.2. The average Bonchev–Trinajstić information content (AvgIpc) is 3.59. The first-order valence-corrected chi connectivity index (χ1v) is 13.4. The number of piperidine rings is 1. The predicted molar refractivity (Wildman–Crippen MR) is 130 cm³/mol. The van der Waals surface area contributed by atoms with Gasteiger partial charge >= 0.3 is 10.2 Å². The van der Waals surface area contributed by atoms with E-state index in [9.17, 15) is 22.7 Å². The lowest BCUT2D eigenvalue weighted by Crippen LogP contribution is -2.49. The molecule has 2 aromatic rings. The molecule has 1 saturated carbocycles. The molecular weight excluding hydrogens is 457 g/mol. The Kier molecular flexibility index (Phi) is 7.85. The topological polar surface area (TPSA) is 90.0 Å². The molecule has 0 spiro atoms. The number of aromatic hydroxyl groups is 1. The molecule has 2 aromatic carbocycles. The molecule has 7 nitrogen and oxygen atoms in total. The van der Waals surface area contributed by atoms with E-state index in [1.54, 1.807) is 0 Å². The van der Waals surface area contributed by atoms with Gasteiger partial charge in [-0.3, -0.25) is 9.69 Å². The van der Waals surface area contributed by atoms with E-state index < -0.39 is 21.9 Å². The molecule has 0 atom stereocenters. The second-order valence-electron chi connectivity index (χ2n) is 9.18. The minimum Gasteiger partial charge on any atom is -0.508 e. The summed E-state index contributed by atoms with van der Waals surface area (Å²) in [6, 6.07) is 12.9. The van der Waals surface area contributed by atoms with Gasteiger partial charge in [0.2, 0.25) is 0 Å². The standard InChI is InChI=1S/C13H15FN2O4S.C12H17N.H2/c14-11-7-12(17)9(8-2-3-8)6-10(11)13(18)15-21(19,20)16-4-1-5-16;1-3-7-12(8-4-1)11-13-9-5-2-6-10-13;/h6-8,17H,1-5H2,(H,15,18);1,3-4,7-8H,2,5-6,9-11H2;1H. The van der Waals surface area contributed by atoms with Gasteiger partial charge in [-0.05, 0) is 68.3 Å². The van der Waals surface area contributed by atoms with Crippen molar-refractivity contribution < 1.29 is 24.1 Å². The van der Waals surface area contributed by atoms with Crippen LogP contribution in [0.15, 0.2) is 42.5 Å². The molecule has 5 rings (SSSR count). The van der Waals surface area contributed by atoms with E-state index in [4.69, 9.17) is 0 Å². The zero-order valence-electron chi connectivity index (χ0n) is 19.2. The lowest BCUT2D eigenvalue weighted by Gasteiger charge is -2.29. The Morgan fingerprint density at radius 3 is 2.29 bits per heavy atom. The minimum absolute atomic E-state index is 0. The maximum absolute atomic E-state index is 13.8. The Bertz CT molecular complexity index is 1100. The maximum Gasteiger partial charge on any atom is 0.304 e. The van der Waals surface area contributed by atoms with Crippen LogP contribution in [-0.4, -0.2) is 54.8 Å². The van der Waals surface area contributed by atoms with Gasteiger partial charge in [0.15, 0.2) is 0 Å². The van der Waals surface area contributed by atoms with Gasteiger partial charge in [-0.1, -0.05) is 36.8 Å². The first-order valence-electron chi connectivity index (χ1n) is 11.9. The zero-order chi connectivity index (χ0) is 24.1. The summed E-state index contributed by atoms with van der Waals surface area (Å²) >= 11 is 0. The molecule has 1 amide bonds. The molecule has 186 valence electrons. The van der Waals surface area contributed by atoms with Crippen molar-refractivity contribution in [3.8, 4) is 5.75 Å². The van der Waals surface area contributed by atoms with Crippen LogP contribution in [0.3, 0.4) is 0 Å². The smallest absolute Gasteiger partial charge is 0.304 e. The van der Waals surface area contributed by atoms with Crippen LogP contribution in [0.5, 0.6) is 5.75 Å². The summed E-state index contributed by atoms with van der Waals surface area (Å²) < 4.78 is 40.4. The summed E-state index contributed by atoms with van der Waals surface area (Å²) in [6.45, 7) is 4.42. The number of carbonyl (C=O) groups excluding carboxylic acids is 1. The van der Waals surface area contributed by atoms with Crippen LogP contribution in [0.1, 0.15) is 67.4 Å². The second kappa shape index (κ2) is 10.8. The van der Waals surface area contributed by atoms with Crippen molar-refractivity contribution >= 4 is 16.1 Å². The molecule has 2 heterocycles. The molecule has 34 heavy (non-hydrogen) atoms. The summed E-state index contributed by atoms with van der Waals surface area (Å²) in [4.78, 5) is 14.5. The summed E-state index contributed by atoms with van der Waals surface area (Å²) in [5.74, 6) is -2.03. The summed E-state index contributed by atoms with van der Waals surface area (Å²) in [5, 5.41) is 9.68. The van der Waals surface area contributed by atoms with E-state index in [-0.39, 0.29) is 18.7 Å². The molecule has 0 unspecified atom stereocenters. The van der Waals surface area contributed by atoms with E-state index in [1.807, 2.05) is 4.72 Å². The number of halogens is 1. The van der Waals surface area contributed by atoms with Crippen LogP contribution in [0.25, 0.3) is 0 Å². The van der Waals surface area contributed by atoms with Crippen LogP contribution in [-0.2, 0) is 16.8 Å². The molecule has 2 saturated heterocycles. The average molecular weight is 492 g/mol. The Balaban J connectivity index is 0.000000211. The number of nitrogens with zero attached hydrogens (tertiary/aromatic N) is 2. The Hall–Kier alpha value is -2.49.